The summed E-state index contributed by atoms with van der Waals surface area (Å²) in [6, 6.07) is 13.3. The van der Waals surface area contributed by atoms with Gasteiger partial charge in [0.15, 0.2) is 5.96 Å². The minimum Gasteiger partial charge on any atom is -0.352 e. The number of aryl methyl sites for hydroxylation is 1. The number of halogens is 2. The van der Waals surface area contributed by atoms with Crippen molar-refractivity contribution >= 4 is 45.1 Å². The van der Waals surface area contributed by atoms with Crippen molar-refractivity contribution in [2.45, 2.75) is 13.5 Å². The molecule has 0 atom stereocenters. The Morgan fingerprint density at radius 1 is 1.20 bits per heavy atom. The maximum atomic E-state index is 12.1. The Balaban J connectivity index is 1.85. The molecule has 5 nitrogen and oxygen atoms in total. The highest BCUT2D eigenvalue weighted by molar-refractivity contribution is 9.10. The topological polar surface area (TPSA) is 65.5 Å². The number of benzene rings is 2. The van der Waals surface area contributed by atoms with Gasteiger partial charge in [0.25, 0.3) is 0 Å². The SMILES string of the molecule is CN=C(NCC(=O)Nc1cc(Br)ccc1C)NCc1ccccc1Cl. The normalized spacial score (nSPS) is 11.1. The molecule has 132 valence electrons. The monoisotopic (exact) mass is 422 g/mol. The standard InChI is InChI=1S/C18H20BrClN4O/c1-12-7-8-14(19)9-16(12)24-17(25)11-23-18(21-2)22-10-13-5-3-4-6-15(13)20/h3-9H,10-11H2,1-2H3,(H,24,25)(H2,21,22,23). The number of hydrogen-bond donors (Lipinski definition) is 3. The average Bonchev–Trinajstić information content (AvgIpc) is 2.59. The molecule has 0 radical (unpaired) electrons. The molecule has 3 N–H and O–H groups in total. The molecule has 0 aliphatic heterocycles. The summed E-state index contributed by atoms with van der Waals surface area (Å²) in [5.41, 5.74) is 2.74. The molecular weight excluding hydrogens is 404 g/mol. The summed E-state index contributed by atoms with van der Waals surface area (Å²) in [6.07, 6.45) is 0. The molecular formula is C18H20BrClN4O. The van der Waals surface area contributed by atoms with Crippen molar-refractivity contribution in [1.82, 2.24) is 10.6 Å². The number of hydrogen-bond acceptors (Lipinski definition) is 2. The Morgan fingerprint density at radius 2 is 1.96 bits per heavy atom. The van der Waals surface area contributed by atoms with Gasteiger partial charge in [-0.3, -0.25) is 9.79 Å². The molecule has 0 saturated heterocycles. The van der Waals surface area contributed by atoms with E-state index < -0.39 is 0 Å². The fraction of sp³-hybridized carbons (Fsp3) is 0.222. The van der Waals surface area contributed by atoms with E-state index in [-0.39, 0.29) is 12.5 Å². The third-order valence-corrected chi connectivity index (χ3v) is 4.38. The predicted octanol–water partition coefficient (Wildman–Crippen LogP) is 3.71. The van der Waals surface area contributed by atoms with E-state index in [1.807, 2.05) is 49.4 Å². The Bertz CT molecular complexity index is 779. The number of guanidine groups is 1. The van der Waals surface area contributed by atoms with Crippen molar-refractivity contribution in [3.63, 3.8) is 0 Å². The largest absolute Gasteiger partial charge is 0.352 e. The summed E-state index contributed by atoms with van der Waals surface area (Å²) in [5, 5.41) is 9.68. The van der Waals surface area contributed by atoms with E-state index in [2.05, 4.69) is 36.9 Å². The average molecular weight is 424 g/mol. The Morgan fingerprint density at radius 3 is 2.68 bits per heavy atom. The summed E-state index contributed by atoms with van der Waals surface area (Å²) in [6.45, 7) is 2.57. The maximum Gasteiger partial charge on any atom is 0.243 e. The van der Waals surface area contributed by atoms with Crippen molar-refractivity contribution in [1.29, 1.82) is 0 Å². The van der Waals surface area contributed by atoms with E-state index in [9.17, 15) is 4.79 Å². The third kappa shape index (κ3) is 6.07. The van der Waals surface area contributed by atoms with Crippen LogP contribution >= 0.6 is 27.5 Å². The van der Waals surface area contributed by atoms with Crippen molar-refractivity contribution in [3.8, 4) is 0 Å². The highest BCUT2D eigenvalue weighted by Crippen LogP contribution is 2.20. The molecule has 2 aromatic carbocycles. The Kier molecular flexibility index (Phi) is 7.28. The molecule has 25 heavy (non-hydrogen) atoms. The van der Waals surface area contributed by atoms with E-state index in [0.29, 0.717) is 17.5 Å². The predicted molar refractivity (Wildman–Crippen MR) is 107 cm³/mol. The maximum absolute atomic E-state index is 12.1. The number of carbonyl (C=O) groups excluding carboxylic acids is 1. The minimum absolute atomic E-state index is 0.105. The molecule has 0 aliphatic carbocycles. The zero-order valence-corrected chi connectivity index (χ0v) is 16.4. The first kappa shape index (κ1) is 19.3. The van der Waals surface area contributed by atoms with E-state index >= 15 is 0 Å². The quantitative estimate of drug-likeness (QED) is 0.507. The Hall–Kier alpha value is -2.05. The molecule has 0 saturated carbocycles. The van der Waals surface area contributed by atoms with E-state index in [1.165, 1.54) is 0 Å². The number of carbonyl (C=O) groups is 1. The number of amides is 1. The highest BCUT2D eigenvalue weighted by atomic mass is 79.9. The molecule has 0 heterocycles. The number of rotatable bonds is 5. The van der Waals surface area contributed by atoms with Crippen LogP contribution in [0.15, 0.2) is 51.9 Å². The summed E-state index contributed by atoms with van der Waals surface area (Å²) in [7, 11) is 1.65. The molecule has 0 aliphatic rings. The lowest BCUT2D eigenvalue weighted by Gasteiger charge is -2.13. The smallest absolute Gasteiger partial charge is 0.243 e. The lowest BCUT2D eigenvalue weighted by Crippen LogP contribution is -2.41. The highest BCUT2D eigenvalue weighted by Gasteiger charge is 2.07. The van der Waals surface area contributed by atoms with Crippen molar-refractivity contribution in [2.24, 2.45) is 4.99 Å². The van der Waals surface area contributed by atoms with Gasteiger partial charge in [-0.25, -0.2) is 0 Å². The molecule has 1 amide bonds. The molecule has 0 spiro atoms. The zero-order valence-electron chi connectivity index (χ0n) is 14.1. The van der Waals surface area contributed by atoms with Crippen LogP contribution in [0.25, 0.3) is 0 Å². The van der Waals surface area contributed by atoms with Crippen LogP contribution in [0.3, 0.4) is 0 Å². The van der Waals surface area contributed by atoms with E-state index in [0.717, 1.165) is 21.3 Å². The van der Waals surface area contributed by atoms with Gasteiger partial charge in [0.2, 0.25) is 5.91 Å². The van der Waals surface area contributed by atoms with Gasteiger partial charge >= 0.3 is 0 Å². The minimum atomic E-state index is -0.151. The van der Waals surface area contributed by atoms with Crippen LogP contribution in [0, 0.1) is 6.92 Å². The van der Waals surface area contributed by atoms with E-state index in [1.54, 1.807) is 7.05 Å². The van der Waals surface area contributed by atoms with Gasteiger partial charge in [-0.05, 0) is 36.2 Å². The van der Waals surface area contributed by atoms with Gasteiger partial charge in [-0.2, -0.15) is 0 Å². The molecule has 2 aromatic rings. The van der Waals surface area contributed by atoms with Crippen LogP contribution in [0.4, 0.5) is 5.69 Å². The van der Waals surface area contributed by atoms with Crippen LogP contribution in [-0.2, 0) is 11.3 Å². The first-order valence-corrected chi connectivity index (χ1v) is 8.90. The lowest BCUT2D eigenvalue weighted by molar-refractivity contribution is -0.115. The second-order valence-corrected chi connectivity index (χ2v) is 6.70. The summed E-state index contributed by atoms with van der Waals surface area (Å²) < 4.78 is 0.915. The molecule has 0 bridgehead atoms. The van der Waals surface area contributed by atoms with Gasteiger partial charge in [0, 0.05) is 28.8 Å². The zero-order chi connectivity index (χ0) is 18.2. The van der Waals surface area contributed by atoms with Crippen LogP contribution in [0.1, 0.15) is 11.1 Å². The molecule has 7 heteroatoms. The number of nitrogens with one attached hydrogen (secondary N) is 3. The van der Waals surface area contributed by atoms with Crippen LogP contribution in [0.2, 0.25) is 5.02 Å². The van der Waals surface area contributed by atoms with Crippen LogP contribution < -0.4 is 16.0 Å². The summed E-state index contributed by atoms with van der Waals surface area (Å²) >= 11 is 9.53. The van der Waals surface area contributed by atoms with Crippen LogP contribution in [0.5, 0.6) is 0 Å². The van der Waals surface area contributed by atoms with Crippen LogP contribution in [-0.4, -0.2) is 25.5 Å². The number of aliphatic imine (C=N–C) groups is 1. The second kappa shape index (κ2) is 9.44. The summed E-state index contributed by atoms with van der Waals surface area (Å²) in [5.74, 6) is 0.378. The second-order valence-electron chi connectivity index (χ2n) is 5.38. The molecule has 0 fully saturated rings. The van der Waals surface area contributed by atoms with E-state index in [4.69, 9.17) is 11.6 Å². The number of nitrogens with zero attached hydrogens (tertiary/aromatic N) is 1. The van der Waals surface area contributed by atoms with Gasteiger partial charge in [-0.15, -0.1) is 0 Å². The first-order chi connectivity index (χ1) is 12.0. The summed E-state index contributed by atoms with van der Waals surface area (Å²) in [4.78, 5) is 16.2. The van der Waals surface area contributed by atoms with Crippen molar-refractivity contribution in [2.75, 3.05) is 18.9 Å². The van der Waals surface area contributed by atoms with Crippen molar-refractivity contribution < 1.29 is 4.79 Å². The Labute approximate surface area is 161 Å². The third-order valence-electron chi connectivity index (χ3n) is 3.52. The van der Waals surface area contributed by atoms with Crippen molar-refractivity contribution in [3.05, 3.63) is 63.1 Å². The molecule has 2 rings (SSSR count). The van der Waals surface area contributed by atoms with Gasteiger partial charge in [0.1, 0.15) is 0 Å². The van der Waals surface area contributed by atoms with Gasteiger partial charge in [-0.1, -0.05) is 51.8 Å². The first-order valence-electron chi connectivity index (χ1n) is 7.73. The number of anilines is 1. The fourth-order valence-electron chi connectivity index (χ4n) is 2.13. The van der Waals surface area contributed by atoms with Gasteiger partial charge < -0.3 is 16.0 Å². The lowest BCUT2D eigenvalue weighted by atomic mass is 10.2. The fourth-order valence-corrected chi connectivity index (χ4v) is 2.69. The molecule has 0 unspecified atom stereocenters. The van der Waals surface area contributed by atoms with Gasteiger partial charge in [0.05, 0.1) is 6.54 Å². The molecule has 0 aromatic heterocycles.